The molecule has 1 aromatic rings. The van der Waals surface area contributed by atoms with Gasteiger partial charge in [-0.05, 0) is 31.4 Å². The van der Waals surface area contributed by atoms with Crippen molar-refractivity contribution in [2.24, 2.45) is 0 Å². The monoisotopic (exact) mass is 244 g/mol. The third kappa shape index (κ3) is 2.56. The Kier molecular flexibility index (Phi) is 3.71. The molecule has 1 fully saturated rings. The van der Waals surface area contributed by atoms with Crippen molar-refractivity contribution in [1.29, 1.82) is 0 Å². The summed E-state index contributed by atoms with van der Waals surface area (Å²) in [6.07, 6.45) is 5.51. The quantitative estimate of drug-likeness (QED) is 0.756. The van der Waals surface area contributed by atoms with Gasteiger partial charge in [0.1, 0.15) is 5.82 Å². The zero-order valence-electron chi connectivity index (χ0n) is 8.50. The van der Waals surface area contributed by atoms with Gasteiger partial charge in [-0.1, -0.05) is 11.6 Å². The zero-order chi connectivity index (χ0) is 10.7. The van der Waals surface area contributed by atoms with Crippen molar-refractivity contribution in [3.63, 3.8) is 0 Å². The summed E-state index contributed by atoms with van der Waals surface area (Å²) >= 11 is 11.6. The Morgan fingerprint density at radius 2 is 2.20 bits per heavy atom. The smallest absolute Gasteiger partial charge is 0.128 e. The summed E-state index contributed by atoms with van der Waals surface area (Å²) in [5.41, 5.74) is 0. The van der Waals surface area contributed by atoms with Gasteiger partial charge in [-0.15, -0.1) is 11.6 Å². The second-order valence-electron chi connectivity index (χ2n) is 3.80. The van der Waals surface area contributed by atoms with Gasteiger partial charge in [0.25, 0.3) is 0 Å². The minimum absolute atomic E-state index is 0.623. The Balaban J connectivity index is 2.12. The molecule has 1 aliphatic rings. The third-order valence-electron chi connectivity index (χ3n) is 2.85. The van der Waals surface area contributed by atoms with Gasteiger partial charge in [-0.3, -0.25) is 0 Å². The highest BCUT2D eigenvalue weighted by Crippen LogP contribution is 2.28. The molecule has 15 heavy (non-hydrogen) atoms. The zero-order valence-corrected chi connectivity index (χ0v) is 10.0. The van der Waals surface area contributed by atoms with Crippen molar-refractivity contribution < 1.29 is 0 Å². The van der Waals surface area contributed by atoms with Gasteiger partial charge < -0.3 is 4.90 Å². The van der Waals surface area contributed by atoms with Gasteiger partial charge in [-0.2, -0.15) is 0 Å². The fourth-order valence-corrected chi connectivity index (χ4v) is 2.11. The summed E-state index contributed by atoms with van der Waals surface area (Å²) in [7, 11) is 0. The lowest BCUT2D eigenvalue weighted by atomic mass is 9.91. The Bertz CT molecular complexity index is 309. The van der Waals surface area contributed by atoms with E-state index in [0.29, 0.717) is 16.9 Å². The van der Waals surface area contributed by atoms with Crippen LogP contribution in [0.5, 0.6) is 0 Å². The molecule has 2 nitrogen and oxygen atoms in total. The van der Waals surface area contributed by atoms with E-state index >= 15 is 0 Å². The van der Waals surface area contributed by atoms with Crippen molar-refractivity contribution in [3.8, 4) is 0 Å². The first-order valence-corrected chi connectivity index (χ1v) is 6.16. The van der Waals surface area contributed by atoms with Crippen LogP contribution in [0.25, 0.3) is 0 Å². The second kappa shape index (κ2) is 5.04. The summed E-state index contributed by atoms with van der Waals surface area (Å²) in [6.45, 7) is 0.862. The van der Waals surface area contributed by atoms with Crippen LogP contribution in [0.3, 0.4) is 0 Å². The average Bonchev–Trinajstić information content (AvgIpc) is 2.16. The molecule has 0 bridgehead atoms. The maximum Gasteiger partial charge on any atom is 0.128 e. The predicted molar refractivity (Wildman–Crippen MR) is 65.0 cm³/mol. The number of hydrogen-bond donors (Lipinski definition) is 0. The number of anilines is 1. The molecule has 82 valence electrons. The van der Waals surface area contributed by atoms with Gasteiger partial charge in [0.15, 0.2) is 0 Å². The Morgan fingerprint density at radius 1 is 1.40 bits per heavy atom. The summed E-state index contributed by atoms with van der Waals surface area (Å²) in [5, 5.41) is 0.679. The lowest BCUT2D eigenvalue weighted by Gasteiger charge is -2.38. The van der Waals surface area contributed by atoms with E-state index in [1.54, 1.807) is 6.20 Å². The lowest BCUT2D eigenvalue weighted by molar-refractivity contribution is 0.388. The molecule has 1 aromatic heterocycles. The molecule has 1 aliphatic carbocycles. The van der Waals surface area contributed by atoms with E-state index in [1.807, 2.05) is 12.1 Å². The van der Waals surface area contributed by atoms with Crippen LogP contribution in [-0.4, -0.2) is 23.5 Å². The number of nitrogens with zero attached hydrogens (tertiary/aromatic N) is 2. The number of rotatable bonds is 4. The first-order chi connectivity index (χ1) is 7.31. The summed E-state index contributed by atoms with van der Waals surface area (Å²) in [4.78, 5) is 6.62. The van der Waals surface area contributed by atoms with Crippen LogP contribution in [0.2, 0.25) is 5.02 Å². The van der Waals surface area contributed by atoms with E-state index in [4.69, 9.17) is 23.2 Å². The van der Waals surface area contributed by atoms with Gasteiger partial charge in [0.05, 0.1) is 5.02 Å². The highest BCUT2D eigenvalue weighted by molar-refractivity contribution is 6.30. The third-order valence-corrected chi connectivity index (χ3v) is 3.24. The minimum Gasteiger partial charge on any atom is -0.352 e. The number of aromatic nitrogens is 1. The SMILES string of the molecule is ClCCN(c1ccc(Cl)cn1)C1CCC1. The molecule has 2 rings (SSSR count). The Morgan fingerprint density at radius 3 is 2.67 bits per heavy atom. The van der Waals surface area contributed by atoms with Crippen LogP contribution in [-0.2, 0) is 0 Å². The van der Waals surface area contributed by atoms with Crippen LogP contribution < -0.4 is 4.90 Å². The number of alkyl halides is 1. The fourth-order valence-electron chi connectivity index (χ4n) is 1.81. The summed E-state index contributed by atoms with van der Waals surface area (Å²) < 4.78 is 0. The number of hydrogen-bond acceptors (Lipinski definition) is 2. The number of halogens is 2. The standard InChI is InChI=1S/C11H14Cl2N2/c12-6-7-15(10-2-1-3-10)11-5-4-9(13)8-14-11/h4-5,8,10H,1-3,6-7H2. The van der Waals surface area contributed by atoms with E-state index in [1.165, 1.54) is 19.3 Å². The highest BCUT2D eigenvalue weighted by Gasteiger charge is 2.25. The van der Waals surface area contributed by atoms with Crippen molar-refractivity contribution in [2.45, 2.75) is 25.3 Å². The highest BCUT2D eigenvalue weighted by atomic mass is 35.5. The largest absolute Gasteiger partial charge is 0.352 e. The predicted octanol–water partition coefficient (Wildman–Crippen LogP) is 3.33. The number of pyridine rings is 1. The Labute approximate surface area is 100 Å². The normalized spacial score (nSPS) is 16.1. The van der Waals surface area contributed by atoms with Crippen molar-refractivity contribution in [1.82, 2.24) is 4.98 Å². The molecule has 0 aromatic carbocycles. The molecule has 0 radical (unpaired) electrons. The van der Waals surface area contributed by atoms with Crippen LogP contribution >= 0.6 is 23.2 Å². The van der Waals surface area contributed by atoms with Crippen LogP contribution in [0, 0.1) is 0 Å². The van der Waals surface area contributed by atoms with Crippen molar-refractivity contribution in [3.05, 3.63) is 23.4 Å². The van der Waals surface area contributed by atoms with E-state index in [2.05, 4.69) is 9.88 Å². The molecule has 1 saturated carbocycles. The van der Waals surface area contributed by atoms with Gasteiger partial charge in [0, 0.05) is 24.7 Å². The molecule has 0 saturated heterocycles. The van der Waals surface area contributed by atoms with E-state index in [9.17, 15) is 0 Å². The molecule has 1 heterocycles. The molecule has 0 amide bonds. The van der Waals surface area contributed by atoms with E-state index in [-0.39, 0.29) is 0 Å². The average molecular weight is 245 g/mol. The Hall–Kier alpha value is -0.470. The van der Waals surface area contributed by atoms with E-state index < -0.39 is 0 Å². The van der Waals surface area contributed by atoms with Crippen LogP contribution in [0.1, 0.15) is 19.3 Å². The first-order valence-electron chi connectivity index (χ1n) is 5.25. The maximum absolute atomic E-state index is 5.81. The second-order valence-corrected chi connectivity index (χ2v) is 4.62. The van der Waals surface area contributed by atoms with Crippen LogP contribution in [0.15, 0.2) is 18.3 Å². The maximum atomic E-state index is 5.81. The van der Waals surface area contributed by atoms with Gasteiger partial charge in [0.2, 0.25) is 0 Å². The molecular weight excluding hydrogens is 231 g/mol. The molecule has 0 N–H and O–H groups in total. The molecule has 0 atom stereocenters. The molecular formula is C11H14Cl2N2. The van der Waals surface area contributed by atoms with Crippen LogP contribution in [0.4, 0.5) is 5.82 Å². The minimum atomic E-state index is 0.623. The molecule has 0 unspecified atom stereocenters. The van der Waals surface area contributed by atoms with E-state index in [0.717, 1.165) is 12.4 Å². The fraction of sp³-hybridized carbons (Fsp3) is 0.545. The van der Waals surface area contributed by atoms with Gasteiger partial charge in [-0.25, -0.2) is 4.98 Å². The topological polar surface area (TPSA) is 16.1 Å². The molecule has 0 spiro atoms. The lowest BCUT2D eigenvalue weighted by Crippen LogP contribution is -2.41. The van der Waals surface area contributed by atoms with Crippen molar-refractivity contribution >= 4 is 29.0 Å². The van der Waals surface area contributed by atoms with Gasteiger partial charge >= 0.3 is 0 Å². The first kappa shape index (κ1) is 11.0. The molecule has 4 heteroatoms. The van der Waals surface area contributed by atoms with Crippen molar-refractivity contribution in [2.75, 3.05) is 17.3 Å². The summed E-state index contributed by atoms with van der Waals surface area (Å²) in [6, 6.07) is 4.47. The molecule has 0 aliphatic heterocycles. The summed E-state index contributed by atoms with van der Waals surface area (Å²) in [5.74, 6) is 1.63.